The maximum atomic E-state index is 5.56. The van der Waals surface area contributed by atoms with Crippen LogP contribution in [0.4, 0.5) is 0 Å². The van der Waals surface area contributed by atoms with Gasteiger partial charge in [-0.15, -0.1) is 0 Å². The molecule has 0 fully saturated rings. The van der Waals surface area contributed by atoms with Gasteiger partial charge >= 0.3 is 0 Å². The average Bonchev–Trinajstić information content (AvgIpc) is 3.38. The lowest BCUT2D eigenvalue weighted by atomic mass is 9.92. The lowest BCUT2D eigenvalue weighted by Crippen LogP contribution is -1.98. The molecule has 3 heterocycles. The molecule has 0 saturated carbocycles. The van der Waals surface area contributed by atoms with Crippen molar-refractivity contribution in [1.82, 2.24) is 19.9 Å². The lowest BCUT2D eigenvalue weighted by Gasteiger charge is -2.16. The Kier molecular flexibility index (Phi) is 9.12. The Balaban J connectivity index is 1.12. The Labute approximate surface area is 370 Å². The first-order valence-electron chi connectivity index (χ1n) is 21.6. The maximum Gasteiger partial charge on any atom is 0.160 e. The second-order valence-electron chi connectivity index (χ2n) is 16.2. The summed E-state index contributed by atoms with van der Waals surface area (Å²) >= 11 is 0. The van der Waals surface area contributed by atoms with Crippen molar-refractivity contribution in [2.45, 2.75) is 0 Å². The van der Waals surface area contributed by atoms with Crippen molar-refractivity contribution < 1.29 is 0 Å². The molecule has 4 nitrogen and oxygen atoms in total. The summed E-state index contributed by atoms with van der Waals surface area (Å²) in [5, 5.41) is 9.45. The minimum absolute atomic E-state index is 0.649. The van der Waals surface area contributed by atoms with Crippen molar-refractivity contribution in [2.24, 2.45) is 0 Å². The van der Waals surface area contributed by atoms with Crippen LogP contribution in [0.15, 0.2) is 231 Å². The smallest absolute Gasteiger partial charge is 0.160 e. The summed E-state index contributed by atoms with van der Waals surface area (Å²) in [4.78, 5) is 20.4. The number of hydrogen-bond acceptors (Lipinski definition) is 4. The summed E-state index contributed by atoms with van der Waals surface area (Å²) in [5.41, 5.74) is 13.0. The molecule has 12 aromatic rings. The zero-order valence-electron chi connectivity index (χ0n) is 34.7. The molecule has 0 N–H and O–H groups in total. The zero-order valence-corrected chi connectivity index (χ0v) is 34.7. The molecule has 0 radical (unpaired) electrons. The molecule has 0 aliphatic carbocycles. The first kappa shape index (κ1) is 37.2. The van der Waals surface area contributed by atoms with Crippen LogP contribution in [0.1, 0.15) is 0 Å². The molecule has 0 amide bonds. The largest absolute Gasteiger partial charge is 0.256 e. The van der Waals surface area contributed by atoms with Gasteiger partial charge in [0, 0.05) is 40.2 Å². The van der Waals surface area contributed by atoms with Gasteiger partial charge in [0.05, 0.1) is 22.8 Å². The van der Waals surface area contributed by atoms with E-state index < -0.39 is 0 Å². The molecule has 64 heavy (non-hydrogen) atoms. The molecular formula is C60H38N4. The van der Waals surface area contributed by atoms with Crippen molar-refractivity contribution in [3.05, 3.63) is 231 Å². The van der Waals surface area contributed by atoms with Gasteiger partial charge in [0.1, 0.15) is 0 Å². The number of hydrogen-bond donors (Lipinski definition) is 0. The lowest BCUT2D eigenvalue weighted by molar-refractivity contribution is 1.19. The zero-order chi connectivity index (χ0) is 42.4. The molecule has 0 aliphatic rings. The van der Waals surface area contributed by atoms with Crippen LogP contribution < -0.4 is 0 Å². The molecule has 3 aromatic heterocycles. The third kappa shape index (κ3) is 6.75. The van der Waals surface area contributed by atoms with Crippen LogP contribution in [0.3, 0.4) is 0 Å². The first-order chi connectivity index (χ1) is 31.7. The fourth-order valence-corrected chi connectivity index (χ4v) is 9.23. The van der Waals surface area contributed by atoms with Crippen LogP contribution in [0.2, 0.25) is 0 Å². The molecular weight excluding hydrogens is 777 g/mol. The highest BCUT2D eigenvalue weighted by atomic mass is 14.9. The molecule has 9 aromatic carbocycles. The van der Waals surface area contributed by atoms with Gasteiger partial charge in [0.25, 0.3) is 0 Å². The SMILES string of the molecule is c1ccc(-c2ccc(-c3cc(-c4cccc(-c5ccccn5)c4)cc(-c4nc(-c5cc6ccccc6c6ccccc56)cc(-c5cc6ccccc6c6ccccc56)n4)c3)cc2)nc1. The van der Waals surface area contributed by atoms with Crippen molar-refractivity contribution in [3.63, 3.8) is 0 Å². The molecule has 12 rings (SSSR count). The van der Waals surface area contributed by atoms with E-state index in [2.05, 4.69) is 198 Å². The van der Waals surface area contributed by atoms with Crippen molar-refractivity contribution in [1.29, 1.82) is 0 Å². The average molecular weight is 815 g/mol. The van der Waals surface area contributed by atoms with E-state index in [1.54, 1.807) is 0 Å². The number of aromatic nitrogens is 4. The van der Waals surface area contributed by atoms with Crippen molar-refractivity contribution >= 4 is 43.1 Å². The van der Waals surface area contributed by atoms with Gasteiger partial charge in [-0.25, -0.2) is 9.97 Å². The molecule has 0 spiro atoms. The molecule has 0 saturated heterocycles. The fourth-order valence-electron chi connectivity index (χ4n) is 9.23. The second kappa shape index (κ2) is 15.7. The highest BCUT2D eigenvalue weighted by molar-refractivity contribution is 6.15. The number of pyridine rings is 2. The second-order valence-corrected chi connectivity index (χ2v) is 16.2. The molecule has 0 unspecified atom stereocenters. The molecule has 4 heteroatoms. The summed E-state index contributed by atoms with van der Waals surface area (Å²) in [6, 6.07) is 77.4. The molecule has 298 valence electrons. The van der Waals surface area contributed by atoms with E-state index in [1.165, 1.54) is 32.3 Å². The normalized spacial score (nSPS) is 11.4. The maximum absolute atomic E-state index is 5.56. The summed E-state index contributed by atoms with van der Waals surface area (Å²) in [7, 11) is 0. The van der Waals surface area contributed by atoms with Gasteiger partial charge < -0.3 is 0 Å². The third-order valence-corrected chi connectivity index (χ3v) is 12.3. The van der Waals surface area contributed by atoms with Gasteiger partial charge in [-0.05, 0) is 132 Å². The number of rotatable bonds is 7. The van der Waals surface area contributed by atoms with Crippen LogP contribution in [0.5, 0.6) is 0 Å². The van der Waals surface area contributed by atoms with Gasteiger partial charge in [-0.2, -0.15) is 0 Å². The van der Waals surface area contributed by atoms with Gasteiger partial charge in [0.15, 0.2) is 5.82 Å². The van der Waals surface area contributed by atoms with E-state index in [0.717, 1.165) is 83.6 Å². The standard InChI is InChI=1S/C60H38N4/c1-3-18-48-42(14-1)36-54(52-22-7-5-20-50(48)52)58-38-59(55-37-43-15-2-4-19-49(43)51-21-6-8-23-53(51)55)64-60(63-58)47-34-45(39-26-28-40(29-27-39)56-24-9-11-30-61-56)33-46(35-47)41-16-13-17-44(32-41)57-25-10-12-31-62-57/h1-38H. The fraction of sp³-hybridized carbons (Fsp3) is 0. The van der Waals surface area contributed by atoms with E-state index in [-0.39, 0.29) is 0 Å². The van der Waals surface area contributed by atoms with Crippen molar-refractivity contribution in [2.75, 3.05) is 0 Å². The predicted octanol–water partition coefficient (Wildman–Crippen LogP) is 15.5. The summed E-state index contributed by atoms with van der Waals surface area (Å²) in [6.07, 6.45) is 3.68. The Hall–Kier alpha value is -8.60. The van der Waals surface area contributed by atoms with E-state index in [4.69, 9.17) is 9.97 Å². The number of fused-ring (bicyclic) bond motifs is 6. The summed E-state index contributed by atoms with van der Waals surface area (Å²) in [5.74, 6) is 0.649. The van der Waals surface area contributed by atoms with Crippen molar-refractivity contribution in [3.8, 4) is 78.7 Å². The van der Waals surface area contributed by atoms with Crippen LogP contribution >= 0.6 is 0 Å². The Bertz CT molecular complexity index is 3580. The van der Waals surface area contributed by atoms with Gasteiger partial charge in [0.2, 0.25) is 0 Å². The Morgan fingerprint density at radius 1 is 0.234 bits per heavy atom. The van der Waals surface area contributed by atoms with E-state index >= 15 is 0 Å². The monoisotopic (exact) mass is 814 g/mol. The third-order valence-electron chi connectivity index (χ3n) is 12.3. The minimum atomic E-state index is 0.649. The van der Waals surface area contributed by atoms with Crippen LogP contribution in [-0.4, -0.2) is 19.9 Å². The Morgan fingerprint density at radius 3 is 1.23 bits per heavy atom. The summed E-state index contributed by atoms with van der Waals surface area (Å²) < 4.78 is 0. The van der Waals surface area contributed by atoms with E-state index in [9.17, 15) is 0 Å². The highest BCUT2D eigenvalue weighted by Crippen LogP contribution is 2.41. The molecule has 0 atom stereocenters. The Morgan fingerprint density at radius 2 is 0.672 bits per heavy atom. The van der Waals surface area contributed by atoms with E-state index in [0.29, 0.717) is 5.82 Å². The van der Waals surface area contributed by atoms with Crippen LogP contribution in [0.25, 0.3) is 122 Å². The first-order valence-corrected chi connectivity index (χ1v) is 21.6. The van der Waals surface area contributed by atoms with Crippen LogP contribution in [-0.2, 0) is 0 Å². The van der Waals surface area contributed by atoms with Gasteiger partial charge in [-0.3, -0.25) is 9.97 Å². The topological polar surface area (TPSA) is 51.6 Å². The quantitative estimate of drug-likeness (QED) is 0.150. The number of nitrogens with zero attached hydrogens (tertiary/aromatic N) is 4. The summed E-state index contributed by atoms with van der Waals surface area (Å²) in [6.45, 7) is 0. The minimum Gasteiger partial charge on any atom is -0.256 e. The molecule has 0 aliphatic heterocycles. The predicted molar refractivity (Wildman–Crippen MR) is 266 cm³/mol. The highest BCUT2D eigenvalue weighted by Gasteiger charge is 2.19. The van der Waals surface area contributed by atoms with E-state index in [1.807, 2.05) is 42.7 Å². The molecule has 0 bridgehead atoms. The number of benzene rings is 9. The van der Waals surface area contributed by atoms with Crippen LogP contribution in [0, 0.1) is 0 Å². The van der Waals surface area contributed by atoms with Gasteiger partial charge in [-0.1, -0.05) is 152 Å².